The van der Waals surface area contributed by atoms with Crippen LogP contribution < -0.4 is 10.1 Å². The molecule has 0 fully saturated rings. The first kappa shape index (κ1) is 13.9. The van der Waals surface area contributed by atoms with Crippen LogP contribution in [0, 0.1) is 0 Å². The van der Waals surface area contributed by atoms with Crippen LogP contribution in [-0.4, -0.2) is 25.8 Å². The number of para-hydroxylation sites is 1. The number of methoxy groups -OCH3 is 1. The van der Waals surface area contributed by atoms with E-state index in [2.05, 4.69) is 30.4 Å². The smallest absolute Gasteiger partial charge is 0.122 e. The average Bonchev–Trinajstić information content (AvgIpc) is 2.47. The van der Waals surface area contributed by atoms with Crippen LogP contribution in [-0.2, 0) is 11.2 Å². The maximum Gasteiger partial charge on any atom is 0.122 e. The quantitative estimate of drug-likeness (QED) is 0.854. The minimum atomic E-state index is 0.310. The van der Waals surface area contributed by atoms with Crippen molar-refractivity contribution in [3.05, 3.63) is 42.2 Å². The van der Waals surface area contributed by atoms with Crippen LogP contribution in [0.15, 0.2) is 36.6 Å². The van der Waals surface area contributed by atoms with Crippen molar-refractivity contribution in [1.82, 2.24) is 5.32 Å². The molecule has 104 valence electrons. The van der Waals surface area contributed by atoms with E-state index in [1.165, 1.54) is 5.56 Å². The zero-order valence-corrected chi connectivity index (χ0v) is 11.8. The summed E-state index contributed by atoms with van der Waals surface area (Å²) in [5.41, 5.74) is 1.24. The van der Waals surface area contributed by atoms with Gasteiger partial charge in [0.15, 0.2) is 0 Å². The second-order valence-electron chi connectivity index (χ2n) is 5.03. The summed E-state index contributed by atoms with van der Waals surface area (Å²) >= 11 is 0. The number of nitrogens with one attached hydrogen (secondary N) is 1. The summed E-state index contributed by atoms with van der Waals surface area (Å²) in [6.07, 6.45) is 7.39. The molecule has 0 amide bonds. The van der Waals surface area contributed by atoms with Gasteiger partial charge in [0, 0.05) is 12.6 Å². The summed E-state index contributed by atoms with van der Waals surface area (Å²) in [6.45, 7) is 3.10. The molecule has 2 rings (SSSR count). The van der Waals surface area contributed by atoms with Crippen LogP contribution in [0.5, 0.6) is 5.75 Å². The molecule has 0 spiro atoms. The second kappa shape index (κ2) is 7.19. The van der Waals surface area contributed by atoms with Gasteiger partial charge in [0.05, 0.1) is 13.4 Å². The SMILES string of the molecule is COc1ccccc1CC(C)NCC1CCC=CO1. The number of hydrogen-bond acceptors (Lipinski definition) is 3. The van der Waals surface area contributed by atoms with E-state index in [4.69, 9.17) is 9.47 Å². The molecule has 0 bridgehead atoms. The monoisotopic (exact) mass is 261 g/mol. The molecule has 1 aromatic rings. The molecule has 0 aliphatic carbocycles. The molecule has 0 aromatic heterocycles. The molecule has 3 heteroatoms. The summed E-state index contributed by atoms with van der Waals surface area (Å²) in [7, 11) is 1.72. The fourth-order valence-electron chi connectivity index (χ4n) is 2.34. The zero-order valence-electron chi connectivity index (χ0n) is 11.8. The number of allylic oxidation sites excluding steroid dienone is 1. The first-order valence-electron chi connectivity index (χ1n) is 6.95. The van der Waals surface area contributed by atoms with Gasteiger partial charge in [0.25, 0.3) is 0 Å². The molecule has 3 nitrogen and oxygen atoms in total. The Morgan fingerprint density at radius 3 is 3.00 bits per heavy atom. The lowest BCUT2D eigenvalue weighted by Crippen LogP contribution is -2.36. The van der Waals surface area contributed by atoms with E-state index < -0.39 is 0 Å². The molecule has 1 aliphatic heterocycles. The fraction of sp³-hybridized carbons (Fsp3) is 0.500. The van der Waals surface area contributed by atoms with Crippen molar-refractivity contribution < 1.29 is 9.47 Å². The molecule has 1 aliphatic rings. The molecular formula is C16H23NO2. The third kappa shape index (κ3) is 4.28. The Morgan fingerprint density at radius 2 is 2.26 bits per heavy atom. The van der Waals surface area contributed by atoms with Crippen molar-refractivity contribution in [1.29, 1.82) is 0 Å². The lowest BCUT2D eigenvalue weighted by Gasteiger charge is -2.22. The molecule has 0 saturated carbocycles. The third-order valence-electron chi connectivity index (χ3n) is 3.44. The van der Waals surface area contributed by atoms with Gasteiger partial charge in [-0.25, -0.2) is 0 Å². The van der Waals surface area contributed by atoms with Crippen molar-refractivity contribution in [2.45, 2.75) is 38.3 Å². The first-order chi connectivity index (χ1) is 9.29. The van der Waals surface area contributed by atoms with Crippen molar-refractivity contribution in [2.24, 2.45) is 0 Å². The van der Waals surface area contributed by atoms with E-state index in [1.54, 1.807) is 7.11 Å². The van der Waals surface area contributed by atoms with Crippen molar-refractivity contribution in [3.63, 3.8) is 0 Å². The topological polar surface area (TPSA) is 30.5 Å². The summed E-state index contributed by atoms with van der Waals surface area (Å²) in [5, 5.41) is 3.54. The van der Waals surface area contributed by atoms with Gasteiger partial charge in [0.2, 0.25) is 0 Å². The van der Waals surface area contributed by atoms with Gasteiger partial charge in [-0.3, -0.25) is 0 Å². The third-order valence-corrected chi connectivity index (χ3v) is 3.44. The van der Waals surface area contributed by atoms with Gasteiger partial charge in [0.1, 0.15) is 11.9 Å². The lowest BCUT2D eigenvalue weighted by atomic mass is 10.1. The Kier molecular flexibility index (Phi) is 5.28. The Hall–Kier alpha value is -1.48. The molecule has 0 saturated heterocycles. The van der Waals surface area contributed by atoms with Crippen LogP contribution in [0.3, 0.4) is 0 Å². The molecule has 1 aromatic carbocycles. The van der Waals surface area contributed by atoms with Crippen LogP contribution >= 0.6 is 0 Å². The molecule has 1 N–H and O–H groups in total. The highest BCUT2D eigenvalue weighted by Crippen LogP contribution is 2.19. The second-order valence-corrected chi connectivity index (χ2v) is 5.03. The van der Waals surface area contributed by atoms with E-state index in [9.17, 15) is 0 Å². The first-order valence-corrected chi connectivity index (χ1v) is 6.95. The Morgan fingerprint density at radius 1 is 1.42 bits per heavy atom. The fourth-order valence-corrected chi connectivity index (χ4v) is 2.34. The van der Waals surface area contributed by atoms with E-state index in [1.807, 2.05) is 18.4 Å². The summed E-state index contributed by atoms with van der Waals surface area (Å²) in [4.78, 5) is 0. The average molecular weight is 261 g/mol. The highest BCUT2D eigenvalue weighted by Gasteiger charge is 2.13. The predicted molar refractivity (Wildman–Crippen MR) is 77.4 cm³/mol. The molecular weight excluding hydrogens is 238 g/mol. The number of rotatable bonds is 6. The van der Waals surface area contributed by atoms with Gasteiger partial charge in [-0.15, -0.1) is 0 Å². The minimum Gasteiger partial charge on any atom is -0.497 e. The van der Waals surface area contributed by atoms with Crippen molar-refractivity contribution in [3.8, 4) is 5.75 Å². The van der Waals surface area contributed by atoms with E-state index in [0.29, 0.717) is 12.1 Å². The summed E-state index contributed by atoms with van der Waals surface area (Å²) < 4.78 is 10.9. The van der Waals surface area contributed by atoms with Crippen molar-refractivity contribution >= 4 is 0 Å². The number of ether oxygens (including phenoxy) is 2. The summed E-state index contributed by atoms with van der Waals surface area (Å²) in [5.74, 6) is 0.966. The zero-order chi connectivity index (χ0) is 13.5. The Bertz CT molecular complexity index is 417. The van der Waals surface area contributed by atoms with Crippen LogP contribution in [0.25, 0.3) is 0 Å². The highest BCUT2D eigenvalue weighted by molar-refractivity contribution is 5.33. The van der Waals surface area contributed by atoms with Crippen LogP contribution in [0.4, 0.5) is 0 Å². The largest absolute Gasteiger partial charge is 0.497 e. The van der Waals surface area contributed by atoms with Crippen molar-refractivity contribution in [2.75, 3.05) is 13.7 Å². The Labute approximate surface area is 115 Å². The van der Waals surface area contributed by atoms with E-state index in [0.717, 1.165) is 31.6 Å². The molecule has 19 heavy (non-hydrogen) atoms. The molecule has 0 radical (unpaired) electrons. The van der Waals surface area contributed by atoms with Crippen LogP contribution in [0.1, 0.15) is 25.3 Å². The van der Waals surface area contributed by atoms with Gasteiger partial charge < -0.3 is 14.8 Å². The van der Waals surface area contributed by atoms with Crippen LogP contribution in [0.2, 0.25) is 0 Å². The van der Waals surface area contributed by atoms with E-state index >= 15 is 0 Å². The normalized spacial score (nSPS) is 19.8. The number of hydrogen-bond donors (Lipinski definition) is 1. The van der Waals surface area contributed by atoms with Gasteiger partial charge >= 0.3 is 0 Å². The summed E-state index contributed by atoms with van der Waals surface area (Å²) in [6, 6.07) is 8.60. The van der Waals surface area contributed by atoms with Gasteiger partial charge in [-0.2, -0.15) is 0 Å². The maximum atomic E-state index is 5.56. The molecule has 2 atom stereocenters. The highest BCUT2D eigenvalue weighted by atomic mass is 16.5. The van der Waals surface area contributed by atoms with Gasteiger partial charge in [-0.1, -0.05) is 18.2 Å². The maximum absolute atomic E-state index is 5.56. The predicted octanol–water partition coefficient (Wildman–Crippen LogP) is 2.91. The lowest BCUT2D eigenvalue weighted by molar-refractivity contribution is 0.120. The van der Waals surface area contributed by atoms with E-state index in [-0.39, 0.29) is 0 Å². The molecule has 2 unspecified atom stereocenters. The van der Waals surface area contributed by atoms with Gasteiger partial charge in [-0.05, 0) is 43.9 Å². The Balaban J connectivity index is 1.80. The minimum absolute atomic E-state index is 0.310. The molecule has 1 heterocycles. The number of benzene rings is 1. The standard InChI is InChI=1S/C16H23NO2/c1-13(17-12-15-8-5-6-10-19-15)11-14-7-3-4-9-16(14)18-2/h3-4,6-7,9-10,13,15,17H,5,8,11-12H2,1-2H3.